The molecule has 0 saturated heterocycles. The molecule has 27 heavy (non-hydrogen) atoms. The molecule has 0 heterocycles. The molecule has 1 atom stereocenters. The van der Waals surface area contributed by atoms with E-state index in [0.717, 1.165) is 0 Å². The lowest BCUT2D eigenvalue weighted by Gasteiger charge is -2.12. The second kappa shape index (κ2) is 8.72. The van der Waals surface area contributed by atoms with Crippen LogP contribution in [0.2, 0.25) is 5.02 Å². The highest BCUT2D eigenvalue weighted by molar-refractivity contribution is 6.32. The molecule has 2 rings (SSSR count). The Morgan fingerprint density at radius 2 is 1.85 bits per heavy atom. The molecule has 0 aliphatic rings. The Balaban J connectivity index is 2.01. The van der Waals surface area contributed by atoms with Gasteiger partial charge in [-0.1, -0.05) is 29.8 Å². The summed E-state index contributed by atoms with van der Waals surface area (Å²) in [5.41, 5.74) is 1.98. The summed E-state index contributed by atoms with van der Waals surface area (Å²) in [4.78, 5) is 32.5. The number of benzene rings is 2. The van der Waals surface area contributed by atoms with Gasteiger partial charge in [-0.15, -0.1) is 0 Å². The lowest BCUT2D eigenvalue weighted by molar-refractivity contribution is -0.386. The van der Waals surface area contributed by atoms with E-state index in [1.165, 1.54) is 49.5 Å². The quantitative estimate of drug-likeness (QED) is 0.436. The molecule has 11 heteroatoms. The highest BCUT2D eigenvalue weighted by Crippen LogP contribution is 2.27. The third-order valence-corrected chi connectivity index (χ3v) is 3.61. The van der Waals surface area contributed by atoms with E-state index >= 15 is 0 Å². The minimum Gasteiger partial charge on any atom is -0.474 e. The maximum atomic E-state index is 12.0. The Hall–Kier alpha value is -3.53. The minimum atomic E-state index is -1.07. The molecule has 140 valence electrons. The van der Waals surface area contributed by atoms with Gasteiger partial charge in [-0.2, -0.15) is 5.10 Å². The van der Waals surface area contributed by atoms with Gasteiger partial charge in [0.05, 0.1) is 16.1 Å². The minimum absolute atomic E-state index is 0.0207. The second-order valence-electron chi connectivity index (χ2n) is 5.19. The van der Waals surface area contributed by atoms with Gasteiger partial charge in [-0.05, 0) is 19.1 Å². The van der Waals surface area contributed by atoms with Crippen LogP contribution in [0.4, 0.5) is 11.4 Å². The predicted molar refractivity (Wildman–Crippen MR) is 97.0 cm³/mol. The van der Waals surface area contributed by atoms with Crippen molar-refractivity contribution in [3.63, 3.8) is 0 Å². The molecule has 0 aromatic heterocycles. The number of ether oxygens (including phenoxy) is 1. The Labute approximate surface area is 157 Å². The van der Waals surface area contributed by atoms with E-state index in [-0.39, 0.29) is 22.1 Å². The summed E-state index contributed by atoms with van der Waals surface area (Å²) in [6.45, 7) is 1.40. The summed E-state index contributed by atoms with van der Waals surface area (Å²) in [6, 6.07) is 9.67. The van der Waals surface area contributed by atoms with Crippen LogP contribution in [0, 0.1) is 20.2 Å². The third kappa shape index (κ3) is 5.22. The van der Waals surface area contributed by atoms with Crippen molar-refractivity contribution in [1.29, 1.82) is 0 Å². The Morgan fingerprint density at radius 3 is 2.52 bits per heavy atom. The van der Waals surface area contributed by atoms with E-state index < -0.39 is 21.9 Å². The largest absolute Gasteiger partial charge is 0.474 e. The Bertz CT molecular complexity index is 918. The van der Waals surface area contributed by atoms with E-state index in [1.807, 2.05) is 0 Å². The van der Waals surface area contributed by atoms with E-state index in [9.17, 15) is 25.0 Å². The summed E-state index contributed by atoms with van der Waals surface area (Å²) in [7, 11) is 0. The van der Waals surface area contributed by atoms with Crippen molar-refractivity contribution in [2.75, 3.05) is 0 Å². The molecular weight excluding hydrogens is 380 g/mol. The first-order chi connectivity index (χ1) is 12.8. The lowest BCUT2D eigenvalue weighted by Crippen LogP contribution is -2.33. The molecule has 0 fully saturated rings. The normalized spacial score (nSPS) is 11.8. The maximum absolute atomic E-state index is 12.0. The fourth-order valence-electron chi connectivity index (χ4n) is 1.96. The summed E-state index contributed by atoms with van der Waals surface area (Å²) in [6.07, 6.45) is 0.127. The first-order valence-corrected chi connectivity index (χ1v) is 7.84. The van der Waals surface area contributed by atoms with Crippen LogP contribution in [0.15, 0.2) is 47.6 Å². The molecular formula is C16H13ClN4O6. The fourth-order valence-corrected chi connectivity index (χ4v) is 2.15. The number of amides is 1. The number of nitro groups is 2. The number of hydrogen-bond acceptors (Lipinski definition) is 7. The lowest BCUT2D eigenvalue weighted by atomic mass is 10.2. The molecule has 1 N–H and O–H groups in total. The molecule has 0 aliphatic carbocycles. The maximum Gasteiger partial charge on any atom is 0.310 e. The first-order valence-electron chi connectivity index (χ1n) is 7.46. The topological polar surface area (TPSA) is 137 Å². The fraction of sp³-hybridized carbons (Fsp3) is 0.125. The van der Waals surface area contributed by atoms with Gasteiger partial charge in [0.15, 0.2) is 11.9 Å². The van der Waals surface area contributed by atoms with Crippen LogP contribution < -0.4 is 10.2 Å². The SMILES string of the molecule is C[C@H](Oc1ccccc1[N+](=O)[O-])C(=O)NN=Cc1ccc(Cl)c([N+](=O)[O-])c1. The average Bonchev–Trinajstić information content (AvgIpc) is 2.63. The number of carbonyl (C=O) groups is 1. The predicted octanol–water partition coefficient (Wildman–Crippen LogP) is 3.07. The Morgan fingerprint density at radius 1 is 1.19 bits per heavy atom. The number of rotatable bonds is 7. The highest BCUT2D eigenvalue weighted by Gasteiger charge is 2.20. The second-order valence-corrected chi connectivity index (χ2v) is 5.59. The van der Waals surface area contributed by atoms with Crippen molar-refractivity contribution >= 4 is 35.1 Å². The van der Waals surface area contributed by atoms with E-state index in [4.69, 9.17) is 16.3 Å². The monoisotopic (exact) mass is 392 g/mol. The number of para-hydroxylation sites is 2. The van der Waals surface area contributed by atoms with Crippen LogP contribution in [0.1, 0.15) is 12.5 Å². The molecule has 1 amide bonds. The molecule has 0 aliphatic heterocycles. The molecule has 0 saturated carbocycles. The van der Waals surface area contributed by atoms with E-state index in [0.29, 0.717) is 5.56 Å². The van der Waals surface area contributed by atoms with Crippen molar-refractivity contribution in [2.45, 2.75) is 13.0 Å². The van der Waals surface area contributed by atoms with Gasteiger partial charge >= 0.3 is 5.69 Å². The van der Waals surface area contributed by atoms with Gasteiger partial charge in [0.2, 0.25) is 0 Å². The molecule has 2 aromatic carbocycles. The average molecular weight is 393 g/mol. The zero-order valence-corrected chi connectivity index (χ0v) is 14.6. The number of nitrogens with one attached hydrogen (secondary N) is 1. The van der Waals surface area contributed by atoms with Gasteiger partial charge < -0.3 is 4.74 Å². The summed E-state index contributed by atoms with van der Waals surface area (Å²) >= 11 is 5.71. The number of nitrogens with zero attached hydrogens (tertiary/aromatic N) is 3. The molecule has 0 bridgehead atoms. The van der Waals surface area contributed by atoms with Gasteiger partial charge in [0, 0.05) is 17.7 Å². The number of hydrazone groups is 1. The molecule has 2 aromatic rings. The van der Waals surface area contributed by atoms with Crippen molar-refractivity contribution in [1.82, 2.24) is 5.43 Å². The van der Waals surface area contributed by atoms with Crippen LogP contribution in [-0.2, 0) is 4.79 Å². The van der Waals surface area contributed by atoms with Crippen LogP contribution in [0.5, 0.6) is 5.75 Å². The molecule has 0 spiro atoms. The first kappa shape index (κ1) is 19.8. The summed E-state index contributed by atoms with van der Waals surface area (Å²) in [5, 5.41) is 25.4. The van der Waals surface area contributed by atoms with Crippen LogP contribution in [-0.4, -0.2) is 28.1 Å². The number of carbonyl (C=O) groups excluding carboxylic acids is 1. The zero-order chi connectivity index (χ0) is 20.0. The van der Waals surface area contributed by atoms with Gasteiger partial charge in [0.1, 0.15) is 5.02 Å². The summed E-state index contributed by atoms with van der Waals surface area (Å²) in [5.74, 6) is -0.713. The third-order valence-electron chi connectivity index (χ3n) is 3.29. The standard InChI is InChI=1S/C16H13ClN4O6/c1-10(27-15-5-3-2-4-13(15)20(23)24)16(22)19-18-9-11-6-7-12(17)14(8-11)21(25)26/h2-10H,1H3,(H,19,22)/t10-/m0/s1. The number of halogens is 1. The zero-order valence-electron chi connectivity index (χ0n) is 13.9. The van der Waals surface area contributed by atoms with Gasteiger partial charge in [-0.25, -0.2) is 5.43 Å². The molecule has 0 unspecified atom stereocenters. The van der Waals surface area contributed by atoms with Gasteiger partial charge in [0.25, 0.3) is 11.6 Å². The van der Waals surface area contributed by atoms with Crippen molar-refractivity contribution < 1.29 is 19.4 Å². The van der Waals surface area contributed by atoms with Crippen molar-refractivity contribution in [3.8, 4) is 5.75 Å². The van der Waals surface area contributed by atoms with Crippen molar-refractivity contribution in [2.24, 2.45) is 5.10 Å². The van der Waals surface area contributed by atoms with Crippen LogP contribution in [0.3, 0.4) is 0 Å². The summed E-state index contributed by atoms with van der Waals surface area (Å²) < 4.78 is 5.30. The molecule has 0 radical (unpaired) electrons. The van der Waals surface area contributed by atoms with Crippen LogP contribution in [0.25, 0.3) is 0 Å². The number of hydrogen-bond donors (Lipinski definition) is 1. The smallest absolute Gasteiger partial charge is 0.310 e. The van der Waals surface area contributed by atoms with E-state index in [2.05, 4.69) is 10.5 Å². The van der Waals surface area contributed by atoms with Gasteiger partial charge in [-0.3, -0.25) is 25.0 Å². The highest BCUT2D eigenvalue weighted by atomic mass is 35.5. The van der Waals surface area contributed by atoms with Crippen molar-refractivity contribution in [3.05, 3.63) is 73.3 Å². The Kier molecular flexibility index (Phi) is 6.39. The van der Waals surface area contributed by atoms with E-state index in [1.54, 1.807) is 6.07 Å². The molecule has 10 nitrogen and oxygen atoms in total. The number of nitro benzene ring substituents is 2. The van der Waals surface area contributed by atoms with Crippen LogP contribution >= 0.6 is 11.6 Å².